The van der Waals surface area contributed by atoms with Crippen LogP contribution in [0.1, 0.15) is 23.5 Å². The Morgan fingerprint density at radius 1 is 1.00 bits per heavy atom. The van der Waals surface area contributed by atoms with E-state index in [1.165, 1.54) is 0 Å². The van der Waals surface area contributed by atoms with Crippen LogP contribution >= 0.6 is 0 Å². The quantitative estimate of drug-likeness (QED) is 0.466. The van der Waals surface area contributed by atoms with Crippen molar-refractivity contribution in [1.29, 1.82) is 0 Å². The van der Waals surface area contributed by atoms with Crippen molar-refractivity contribution in [2.24, 2.45) is 0 Å². The van der Waals surface area contributed by atoms with Crippen LogP contribution < -0.4 is 10.6 Å². The monoisotopic (exact) mass is 448 g/mol. The molecule has 10 heteroatoms. The molecule has 32 heavy (non-hydrogen) atoms. The fourth-order valence-electron chi connectivity index (χ4n) is 3.56. The predicted octanol–water partition coefficient (Wildman–Crippen LogP) is 2.11. The summed E-state index contributed by atoms with van der Waals surface area (Å²) in [4.78, 5) is 34.5. The molecule has 1 aliphatic carbocycles. The number of carboxylic acid groups (broad SMARTS) is 1. The van der Waals surface area contributed by atoms with Crippen LogP contribution in [0.4, 0.5) is 13.6 Å². The maximum atomic E-state index is 13.3. The van der Waals surface area contributed by atoms with Gasteiger partial charge in [0.25, 0.3) is 6.43 Å². The van der Waals surface area contributed by atoms with Crippen LogP contribution in [-0.2, 0) is 14.3 Å². The number of fused-ring (bicyclic) bond motifs is 3. The highest BCUT2D eigenvalue weighted by molar-refractivity contribution is 5.80. The Kier molecular flexibility index (Phi) is 7.37. The normalized spacial score (nSPS) is 14.2. The largest absolute Gasteiger partial charge is 0.479 e. The van der Waals surface area contributed by atoms with Crippen LogP contribution in [0.2, 0.25) is 0 Å². The van der Waals surface area contributed by atoms with Gasteiger partial charge in [0.1, 0.15) is 12.6 Å². The highest BCUT2D eigenvalue weighted by atomic mass is 19.3. The van der Waals surface area contributed by atoms with E-state index < -0.39 is 49.5 Å². The number of rotatable bonds is 9. The van der Waals surface area contributed by atoms with Gasteiger partial charge in [-0.2, -0.15) is 0 Å². The van der Waals surface area contributed by atoms with E-state index in [0.717, 1.165) is 22.3 Å². The number of carbonyl (C=O) groups excluding carboxylic acids is 2. The lowest BCUT2D eigenvalue weighted by atomic mass is 9.98. The van der Waals surface area contributed by atoms with Crippen LogP contribution in [0.25, 0.3) is 11.1 Å². The summed E-state index contributed by atoms with van der Waals surface area (Å²) in [6, 6.07) is 13.4. The number of aliphatic carboxylic acids is 1. The Balaban J connectivity index is 1.57. The minimum atomic E-state index is -3.06. The summed E-state index contributed by atoms with van der Waals surface area (Å²) in [7, 11) is 0. The van der Waals surface area contributed by atoms with E-state index in [-0.39, 0.29) is 12.5 Å². The third kappa shape index (κ3) is 5.38. The van der Waals surface area contributed by atoms with E-state index in [4.69, 9.17) is 14.9 Å². The molecule has 0 saturated heterocycles. The molecule has 170 valence electrons. The van der Waals surface area contributed by atoms with Gasteiger partial charge in [0.15, 0.2) is 6.10 Å². The van der Waals surface area contributed by atoms with Gasteiger partial charge in [-0.1, -0.05) is 48.5 Å². The lowest BCUT2D eigenvalue weighted by Crippen LogP contribution is -2.45. The molecule has 0 radical (unpaired) electrons. The average Bonchev–Trinajstić information content (AvgIpc) is 3.09. The van der Waals surface area contributed by atoms with E-state index in [9.17, 15) is 23.2 Å². The Morgan fingerprint density at radius 2 is 1.56 bits per heavy atom. The zero-order valence-electron chi connectivity index (χ0n) is 16.8. The van der Waals surface area contributed by atoms with Gasteiger partial charge in [-0.25, -0.2) is 18.4 Å². The molecule has 4 N–H and O–H groups in total. The number of benzene rings is 2. The van der Waals surface area contributed by atoms with Crippen LogP contribution in [0.15, 0.2) is 48.5 Å². The third-order valence-corrected chi connectivity index (χ3v) is 5.13. The molecule has 0 bridgehead atoms. The number of alkyl carbamates (subject to hydrolysis) is 1. The molecule has 0 fully saturated rings. The van der Waals surface area contributed by atoms with Gasteiger partial charge in [0.2, 0.25) is 5.91 Å². The smallest absolute Gasteiger partial charge is 0.407 e. The van der Waals surface area contributed by atoms with Crippen LogP contribution in [-0.4, -0.2) is 59.9 Å². The molecule has 1 unspecified atom stereocenters. The summed E-state index contributed by atoms with van der Waals surface area (Å²) >= 11 is 0. The number of amides is 2. The van der Waals surface area contributed by atoms with Crippen LogP contribution in [0.3, 0.4) is 0 Å². The molecule has 0 aliphatic heterocycles. The zero-order valence-corrected chi connectivity index (χ0v) is 16.8. The second kappa shape index (κ2) is 10.2. The van der Waals surface area contributed by atoms with E-state index in [2.05, 4.69) is 0 Å². The van der Waals surface area contributed by atoms with Crippen LogP contribution in [0, 0.1) is 0 Å². The van der Waals surface area contributed by atoms with E-state index >= 15 is 0 Å². The van der Waals surface area contributed by atoms with Crippen molar-refractivity contribution < 1.29 is 38.1 Å². The number of nitrogens with one attached hydrogen (secondary N) is 2. The number of hydrogen-bond donors (Lipinski definition) is 4. The first-order chi connectivity index (χ1) is 15.3. The number of alkyl halides is 2. The van der Waals surface area contributed by atoms with Crippen molar-refractivity contribution in [2.75, 3.05) is 13.2 Å². The van der Waals surface area contributed by atoms with Gasteiger partial charge in [-0.15, -0.1) is 0 Å². The lowest BCUT2D eigenvalue weighted by Gasteiger charge is -2.19. The molecule has 0 saturated carbocycles. The predicted molar refractivity (Wildman–Crippen MR) is 109 cm³/mol. The Morgan fingerprint density at radius 3 is 2.09 bits per heavy atom. The number of carboxylic acids is 1. The molecule has 1 aliphatic rings. The van der Waals surface area contributed by atoms with Crippen LogP contribution in [0.5, 0.6) is 0 Å². The highest BCUT2D eigenvalue weighted by Crippen LogP contribution is 2.44. The summed E-state index contributed by atoms with van der Waals surface area (Å²) in [5, 5.41) is 21.7. The number of aliphatic hydroxyl groups is 1. The van der Waals surface area contributed by atoms with Gasteiger partial charge in [0.05, 0.1) is 13.0 Å². The summed E-state index contributed by atoms with van der Waals surface area (Å²) in [6.45, 7) is -0.720. The lowest BCUT2D eigenvalue weighted by molar-refractivity contribution is -0.146. The Labute approximate surface area is 182 Å². The number of carbonyl (C=O) groups is 3. The number of hydrogen-bond acceptors (Lipinski definition) is 5. The van der Waals surface area contributed by atoms with Gasteiger partial charge in [-0.3, -0.25) is 4.79 Å². The van der Waals surface area contributed by atoms with E-state index in [1.807, 2.05) is 59.2 Å². The van der Waals surface area contributed by atoms with E-state index in [1.54, 1.807) is 0 Å². The first-order valence-electron chi connectivity index (χ1n) is 9.85. The minimum Gasteiger partial charge on any atom is -0.479 e. The third-order valence-electron chi connectivity index (χ3n) is 5.13. The maximum absolute atomic E-state index is 13.3. The summed E-state index contributed by atoms with van der Waals surface area (Å²) < 4.78 is 31.8. The van der Waals surface area contributed by atoms with Crippen molar-refractivity contribution >= 4 is 18.0 Å². The molecular weight excluding hydrogens is 426 g/mol. The molecule has 3 rings (SSSR count). The molecule has 0 heterocycles. The van der Waals surface area contributed by atoms with Crippen molar-refractivity contribution in [3.8, 4) is 11.1 Å². The van der Waals surface area contributed by atoms with Gasteiger partial charge >= 0.3 is 12.1 Å². The summed E-state index contributed by atoms with van der Waals surface area (Å²) in [5.74, 6) is -2.76. The van der Waals surface area contributed by atoms with Crippen molar-refractivity contribution in [1.82, 2.24) is 10.6 Å². The molecule has 0 aromatic heterocycles. The topological polar surface area (TPSA) is 125 Å². The molecule has 2 aromatic rings. The van der Waals surface area contributed by atoms with Crippen molar-refractivity contribution in [3.05, 3.63) is 59.7 Å². The van der Waals surface area contributed by atoms with Gasteiger partial charge in [0, 0.05) is 5.92 Å². The first kappa shape index (κ1) is 23.1. The van der Waals surface area contributed by atoms with E-state index in [0.29, 0.717) is 0 Å². The average molecular weight is 448 g/mol. The van der Waals surface area contributed by atoms with Gasteiger partial charge in [-0.05, 0) is 22.3 Å². The molecule has 2 atom stereocenters. The molecule has 0 spiro atoms. The fourth-order valence-corrected chi connectivity index (χ4v) is 3.56. The summed E-state index contributed by atoms with van der Waals surface area (Å²) in [5.41, 5.74) is 3.96. The maximum Gasteiger partial charge on any atom is 0.407 e. The summed E-state index contributed by atoms with van der Waals surface area (Å²) in [6.07, 6.45) is -6.84. The number of aliphatic hydroxyl groups excluding tert-OH is 1. The van der Waals surface area contributed by atoms with Crippen molar-refractivity contribution in [2.45, 2.75) is 30.9 Å². The van der Waals surface area contributed by atoms with Crippen molar-refractivity contribution in [3.63, 3.8) is 0 Å². The molecular formula is C22H22F2N2O6. The Hall–Kier alpha value is -3.53. The van der Waals surface area contributed by atoms with Gasteiger partial charge < -0.3 is 25.6 Å². The Bertz CT molecular complexity index is 954. The second-order valence-electron chi connectivity index (χ2n) is 7.27. The second-order valence-corrected chi connectivity index (χ2v) is 7.27. The number of ether oxygens (including phenoxy) is 1. The first-order valence-corrected chi connectivity index (χ1v) is 9.85. The SMILES string of the molecule is O=C(CC(NC(=O)OCC1c2ccccc2-c2ccccc21)C(F)F)NC[C@H](O)C(=O)O. The zero-order chi connectivity index (χ0) is 23.3. The highest BCUT2D eigenvalue weighted by Gasteiger charge is 2.30. The molecule has 8 nitrogen and oxygen atoms in total. The molecule has 2 amide bonds. The molecule has 2 aromatic carbocycles. The standard InChI is InChI=1S/C22H22F2N2O6/c23-20(24)17(9-19(28)25-10-18(27)21(29)30)26-22(31)32-11-16-14-7-3-1-5-12(14)13-6-2-4-8-15(13)16/h1-8,16-18,20,27H,9-11H2,(H,25,28)(H,26,31)(H,29,30)/t17?,18-/m0/s1. The fraction of sp³-hybridized carbons (Fsp3) is 0.318. The number of halogens is 2. The minimum absolute atomic E-state index is 0.0766.